The van der Waals surface area contributed by atoms with E-state index in [0.717, 1.165) is 0 Å². The first-order chi connectivity index (χ1) is 8.97. The van der Waals surface area contributed by atoms with Crippen LogP contribution < -0.4 is 11.1 Å². The number of halogens is 1. The van der Waals surface area contributed by atoms with Gasteiger partial charge in [0.25, 0.3) is 0 Å². The third kappa shape index (κ3) is 5.87. The van der Waals surface area contributed by atoms with Crippen molar-refractivity contribution in [2.45, 2.75) is 10.9 Å². The van der Waals surface area contributed by atoms with Gasteiger partial charge in [-0.3, -0.25) is 4.79 Å². The number of hydrogen-bond acceptors (Lipinski definition) is 5. The van der Waals surface area contributed by atoms with Crippen molar-refractivity contribution in [1.82, 2.24) is 5.32 Å². The van der Waals surface area contributed by atoms with Crippen LogP contribution >= 0.6 is 12.4 Å². The fourth-order valence-electron chi connectivity index (χ4n) is 1.44. The molecule has 114 valence electrons. The van der Waals surface area contributed by atoms with Gasteiger partial charge >= 0.3 is 0 Å². The second-order valence-corrected chi connectivity index (χ2v) is 6.09. The number of amides is 1. The molecule has 1 aromatic carbocycles. The summed E-state index contributed by atoms with van der Waals surface area (Å²) in [4.78, 5) is 11.7. The van der Waals surface area contributed by atoms with Crippen molar-refractivity contribution in [3.8, 4) is 0 Å². The Labute approximate surface area is 125 Å². The number of carbonyl (C=O) groups is 1. The van der Waals surface area contributed by atoms with E-state index in [0.29, 0.717) is 0 Å². The number of benzene rings is 1. The van der Waals surface area contributed by atoms with E-state index in [2.05, 4.69) is 5.32 Å². The molecule has 0 heterocycles. The first-order valence-electron chi connectivity index (χ1n) is 5.77. The number of nitrogens with one attached hydrogen (secondary N) is 1. The number of methoxy groups -OCH3 is 1. The summed E-state index contributed by atoms with van der Waals surface area (Å²) in [6.07, 6.45) is 0. The second kappa shape index (κ2) is 8.91. The van der Waals surface area contributed by atoms with Crippen LogP contribution in [0.15, 0.2) is 35.2 Å². The minimum absolute atomic E-state index is 0. The van der Waals surface area contributed by atoms with E-state index in [1.165, 1.54) is 19.2 Å². The summed E-state index contributed by atoms with van der Waals surface area (Å²) >= 11 is 0. The molecule has 20 heavy (non-hydrogen) atoms. The maximum Gasteiger partial charge on any atom is 0.239 e. The summed E-state index contributed by atoms with van der Waals surface area (Å²) in [6, 6.07) is 7.30. The zero-order chi connectivity index (χ0) is 14.3. The summed E-state index contributed by atoms with van der Waals surface area (Å²) in [5.74, 6) is -0.590. The minimum atomic E-state index is -3.38. The van der Waals surface area contributed by atoms with Gasteiger partial charge in [-0.1, -0.05) is 18.2 Å². The maximum atomic E-state index is 11.9. The Kier molecular flexibility index (Phi) is 8.40. The normalized spacial score (nSPS) is 12.3. The Hall–Kier alpha value is -1.15. The molecule has 0 aromatic heterocycles. The fourth-order valence-corrected chi connectivity index (χ4v) is 2.62. The highest BCUT2D eigenvalue weighted by molar-refractivity contribution is 7.91. The molecule has 0 fully saturated rings. The highest BCUT2D eigenvalue weighted by atomic mass is 35.5. The molecule has 0 saturated heterocycles. The zero-order valence-electron chi connectivity index (χ0n) is 11.1. The number of ether oxygens (including phenoxy) is 1. The predicted molar refractivity (Wildman–Crippen MR) is 78.6 cm³/mol. The van der Waals surface area contributed by atoms with Gasteiger partial charge in [0.15, 0.2) is 9.84 Å². The number of rotatable bonds is 7. The topological polar surface area (TPSA) is 98.5 Å². The minimum Gasteiger partial charge on any atom is -0.383 e. The quantitative estimate of drug-likeness (QED) is 0.734. The Morgan fingerprint density at radius 3 is 2.50 bits per heavy atom. The lowest BCUT2D eigenvalue weighted by Crippen LogP contribution is -2.44. The largest absolute Gasteiger partial charge is 0.383 e. The van der Waals surface area contributed by atoms with Gasteiger partial charge in [0, 0.05) is 13.7 Å². The molecule has 1 amide bonds. The molecule has 8 heteroatoms. The van der Waals surface area contributed by atoms with Crippen LogP contribution in [0.4, 0.5) is 0 Å². The van der Waals surface area contributed by atoms with Crippen LogP contribution in [0.3, 0.4) is 0 Å². The standard InChI is InChI=1S/C12H18N2O4S.ClH/c1-18-9-11(13)12(15)14-7-8-19(16,17)10-5-3-2-4-6-10;/h2-6,11H,7-9,13H2,1H3,(H,14,15);1H. The van der Waals surface area contributed by atoms with Gasteiger partial charge in [0.2, 0.25) is 5.91 Å². The molecule has 6 nitrogen and oxygen atoms in total. The zero-order valence-corrected chi connectivity index (χ0v) is 12.7. The predicted octanol–water partition coefficient (Wildman–Crippen LogP) is -0.0280. The van der Waals surface area contributed by atoms with Crippen molar-refractivity contribution in [3.05, 3.63) is 30.3 Å². The molecule has 0 spiro atoms. The number of hydrogen-bond donors (Lipinski definition) is 2. The van der Waals surface area contributed by atoms with Gasteiger partial charge in [-0.05, 0) is 12.1 Å². The van der Waals surface area contributed by atoms with Crippen LogP contribution in [0, 0.1) is 0 Å². The molecule has 1 atom stereocenters. The van der Waals surface area contributed by atoms with Gasteiger partial charge in [-0.2, -0.15) is 0 Å². The van der Waals surface area contributed by atoms with Crippen molar-refractivity contribution in [2.24, 2.45) is 5.73 Å². The summed E-state index contributed by atoms with van der Waals surface area (Å²) in [7, 11) is -1.94. The van der Waals surface area contributed by atoms with E-state index in [4.69, 9.17) is 10.5 Å². The highest BCUT2D eigenvalue weighted by Crippen LogP contribution is 2.09. The second-order valence-electron chi connectivity index (χ2n) is 3.98. The molecule has 0 bridgehead atoms. The smallest absolute Gasteiger partial charge is 0.239 e. The average molecular weight is 323 g/mol. The van der Waals surface area contributed by atoms with Gasteiger partial charge in [0.1, 0.15) is 6.04 Å². The maximum absolute atomic E-state index is 11.9. The summed E-state index contributed by atoms with van der Waals surface area (Å²) in [6.45, 7) is 0.116. The number of nitrogens with two attached hydrogens (primary N) is 1. The molecule has 0 aliphatic carbocycles. The first kappa shape index (κ1) is 18.9. The molecule has 0 radical (unpaired) electrons. The van der Waals surface area contributed by atoms with Crippen LogP contribution in [0.25, 0.3) is 0 Å². The first-order valence-corrected chi connectivity index (χ1v) is 7.42. The van der Waals surface area contributed by atoms with Crippen LogP contribution in [0.2, 0.25) is 0 Å². The van der Waals surface area contributed by atoms with E-state index in [1.807, 2.05) is 0 Å². The van der Waals surface area contributed by atoms with Gasteiger partial charge in [-0.25, -0.2) is 8.42 Å². The molecule has 0 saturated carbocycles. The van der Waals surface area contributed by atoms with Gasteiger partial charge in [-0.15, -0.1) is 12.4 Å². The number of sulfone groups is 1. The van der Waals surface area contributed by atoms with Crippen molar-refractivity contribution in [2.75, 3.05) is 26.0 Å². The monoisotopic (exact) mass is 322 g/mol. The highest BCUT2D eigenvalue weighted by Gasteiger charge is 2.16. The average Bonchev–Trinajstić information content (AvgIpc) is 2.39. The Morgan fingerprint density at radius 2 is 1.95 bits per heavy atom. The summed E-state index contributed by atoms with van der Waals surface area (Å²) in [5.41, 5.74) is 5.50. The SMILES string of the molecule is COCC(N)C(=O)NCCS(=O)(=O)c1ccccc1.Cl. The molecule has 1 rings (SSSR count). The van der Waals surface area contributed by atoms with E-state index < -0.39 is 21.8 Å². The molecular weight excluding hydrogens is 304 g/mol. The van der Waals surface area contributed by atoms with Crippen LogP contribution in [0.5, 0.6) is 0 Å². The summed E-state index contributed by atoms with van der Waals surface area (Å²) < 4.78 is 28.5. The van der Waals surface area contributed by atoms with Crippen molar-refractivity contribution in [3.63, 3.8) is 0 Å². The van der Waals surface area contributed by atoms with Crippen molar-refractivity contribution in [1.29, 1.82) is 0 Å². The Bertz CT molecular complexity index is 507. The van der Waals surface area contributed by atoms with Gasteiger partial charge in [0.05, 0.1) is 17.3 Å². The van der Waals surface area contributed by atoms with E-state index in [9.17, 15) is 13.2 Å². The van der Waals surface area contributed by atoms with E-state index in [-0.39, 0.29) is 36.2 Å². The summed E-state index contributed by atoms with van der Waals surface area (Å²) in [5, 5.41) is 2.47. The molecular formula is C12H19ClN2O4S. The molecule has 3 N–H and O–H groups in total. The van der Waals surface area contributed by atoms with Crippen LogP contribution in [-0.2, 0) is 19.4 Å². The molecule has 0 aliphatic heterocycles. The molecule has 1 aromatic rings. The van der Waals surface area contributed by atoms with E-state index in [1.54, 1.807) is 18.2 Å². The van der Waals surface area contributed by atoms with Crippen LogP contribution in [0.1, 0.15) is 0 Å². The van der Waals surface area contributed by atoms with Crippen molar-refractivity contribution >= 4 is 28.2 Å². The Balaban J connectivity index is 0.00000361. The van der Waals surface area contributed by atoms with Crippen molar-refractivity contribution < 1.29 is 17.9 Å². The lowest BCUT2D eigenvalue weighted by molar-refractivity contribution is -0.123. The number of carbonyl (C=O) groups excluding carboxylic acids is 1. The van der Waals surface area contributed by atoms with Gasteiger partial charge < -0.3 is 15.8 Å². The lowest BCUT2D eigenvalue weighted by atomic mass is 10.3. The van der Waals surface area contributed by atoms with E-state index >= 15 is 0 Å². The van der Waals surface area contributed by atoms with Crippen LogP contribution in [-0.4, -0.2) is 46.4 Å². The lowest BCUT2D eigenvalue weighted by Gasteiger charge is -2.11. The third-order valence-corrected chi connectivity index (χ3v) is 4.19. The third-order valence-electron chi connectivity index (χ3n) is 2.46. The molecule has 1 unspecified atom stereocenters. The fraction of sp³-hybridized carbons (Fsp3) is 0.417. The molecule has 0 aliphatic rings. The Morgan fingerprint density at radius 1 is 1.35 bits per heavy atom.